The summed E-state index contributed by atoms with van der Waals surface area (Å²) < 4.78 is 11.1. The van der Waals surface area contributed by atoms with Gasteiger partial charge in [0.05, 0.1) is 18.9 Å². The van der Waals surface area contributed by atoms with E-state index in [-0.39, 0.29) is 24.2 Å². The first kappa shape index (κ1) is 16.1. The fourth-order valence-electron chi connectivity index (χ4n) is 3.35. The maximum absolute atomic E-state index is 12.3. The van der Waals surface area contributed by atoms with Gasteiger partial charge in [0, 0.05) is 25.7 Å². The van der Waals surface area contributed by atoms with Crippen LogP contribution in [0, 0.1) is 0 Å². The number of benzene rings is 1. The fourth-order valence-corrected chi connectivity index (χ4v) is 3.35. The number of carbonyl (C=O) groups is 1. The van der Waals surface area contributed by atoms with Crippen LogP contribution in [0.2, 0.25) is 0 Å². The summed E-state index contributed by atoms with van der Waals surface area (Å²) in [5, 5.41) is 3.12. The lowest BCUT2D eigenvalue weighted by Crippen LogP contribution is -2.43. The third kappa shape index (κ3) is 3.59. The van der Waals surface area contributed by atoms with Gasteiger partial charge in [0.2, 0.25) is 5.91 Å². The Morgan fingerprint density at radius 2 is 2.22 bits per heavy atom. The Labute approximate surface area is 136 Å². The van der Waals surface area contributed by atoms with Crippen molar-refractivity contribution in [3.05, 3.63) is 24.3 Å². The summed E-state index contributed by atoms with van der Waals surface area (Å²) in [7, 11) is 1.68. The largest absolute Gasteiger partial charge is 0.495 e. The molecule has 2 aliphatic heterocycles. The van der Waals surface area contributed by atoms with E-state index >= 15 is 0 Å². The van der Waals surface area contributed by atoms with Gasteiger partial charge in [0.25, 0.3) is 0 Å². The highest BCUT2D eigenvalue weighted by atomic mass is 16.5. The quantitative estimate of drug-likeness (QED) is 0.843. The number of carbonyl (C=O) groups excluding carboxylic acids is 1. The van der Waals surface area contributed by atoms with E-state index in [9.17, 15) is 4.79 Å². The Kier molecular flexibility index (Phi) is 5.03. The lowest BCUT2D eigenvalue weighted by atomic mass is 10.1. The Morgan fingerprint density at radius 1 is 1.39 bits per heavy atom. The minimum atomic E-state index is -0.344. The van der Waals surface area contributed by atoms with Crippen LogP contribution in [0.4, 0.5) is 5.69 Å². The predicted octanol–water partition coefficient (Wildman–Crippen LogP) is 0.896. The lowest BCUT2D eigenvalue weighted by Gasteiger charge is -2.22. The van der Waals surface area contributed by atoms with Gasteiger partial charge in [-0.05, 0) is 31.4 Å². The van der Waals surface area contributed by atoms with Crippen LogP contribution < -0.4 is 20.7 Å². The summed E-state index contributed by atoms with van der Waals surface area (Å²) in [5.74, 6) is 0.859. The van der Waals surface area contributed by atoms with Gasteiger partial charge in [0.15, 0.2) is 0 Å². The summed E-state index contributed by atoms with van der Waals surface area (Å²) in [6.07, 6.45) is 2.24. The predicted molar refractivity (Wildman–Crippen MR) is 88.7 cm³/mol. The van der Waals surface area contributed by atoms with E-state index in [4.69, 9.17) is 15.2 Å². The number of hydrogen-bond acceptors (Lipinski definition) is 5. The van der Waals surface area contributed by atoms with Crippen LogP contribution in [0.3, 0.4) is 0 Å². The van der Waals surface area contributed by atoms with Gasteiger partial charge in [-0.3, -0.25) is 4.79 Å². The van der Waals surface area contributed by atoms with Gasteiger partial charge >= 0.3 is 0 Å². The summed E-state index contributed by atoms with van der Waals surface area (Å²) >= 11 is 0. The van der Waals surface area contributed by atoms with Crippen molar-refractivity contribution in [2.75, 3.05) is 31.6 Å². The van der Waals surface area contributed by atoms with E-state index < -0.39 is 0 Å². The lowest BCUT2D eigenvalue weighted by molar-refractivity contribution is -0.132. The molecule has 0 aromatic heterocycles. The van der Waals surface area contributed by atoms with Crippen molar-refractivity contribution in [3.8, 4) is 5.75 Å². The topological polar surface area (TPSA) is 76.8 Å². The normalized spacial score (nSPS) is 27.2. The average molecular weight is 319 g/mol. The molecule has 0 aliphatic carbocycles. The molecule has 0 spiro atoms. The number of methoxy groups -OCH3 is 1. The molecule has 23 heavy (non-hydrogen) atoms. The first-order chi connectivity index (χ1) is 11.2. The van der Waals surface area contributed by atoms with Crippen LogP contribution in [0.1, 0.15) is 19.3 Å². The molecule has 2 saturated heterocycles. The molecule has 1 unspecified atom stereocenters. The third-order valence-corrected chi connectivity index (χ3v) is 4.62. The third-order valence-electron chi connectivity index (χ3n) is 4.62. The Hall–Kier alpha value is -1.79. The van der Waals surface area contributed by atoms with Crippen molar-refractivity contribution in [2.24, 2.45) is 5.73 Å². The monoisotopic (exact) mass is 319 g/mol. The smallest absolute Gasteiger partial charge is 0.249 e. The van der Waals surface area contributed by atoms with Crippen LogP contribution in [-0.2, 0) is 9.53 Å². The first-order valence-electron chi connectivity index (χ1n) is 8.25. The van der Waals surface area contributed by atoms with Crippen molar-refractivity contribution in [2.45, 2.75) is 37.5 Å². The molecule has 0 saturated carbocycles. The Balaban J connectivity index is 1.55. The number of nitrogens with one attached hydrogen (secondary N) is 1. The van der Waals surface area contributed by atoms with E-state index in [1.165, 1.54) is 0 Å². The van der Waals surface area contributed by atoms with Crippen molar-refractivity contribution < 1.29 is 14.3 Å². The number of hydrogen-bond donors (Lipinski definition) is 2. The van der Waals surface area contributed by atoms with E-state index in [1.54, 1.807) is 7.11 Å². The number of anilines is 1. The number of nitrogens with two attached hydrogens (primary N) is 1. The number of para-hydroxylation sites is 2. The highest BCUT2D eigenvalue weighted by Gasteiger charge is 2.33. The molecule has 2 heterocycles. The molecule has 2 aliphatic rings. The second-order valence-corrected chi connectivity index (χ2v) is 6.17. The number of amides is 1. The zero-order valence-electron chi connectivity index (χ0n) is 13.5. The standard InChI is InChI=1S/C17H25N3O3/c1-22-15-5-3-2-4-14(15)20-9-8-12(11-20)19-17(21)16-7-6-13(10-18)23-16/h2-5,12-13,16H,6-11,18H2,1H3,(H,19,21)/t12?,13-,16+/m1/s1. The minimum Gasteiger partial charge on any atom is -0.495 e. The molecule has 126 valence electrons. The van der Waals surface area contributed by atoms with Gasteiger partial charge in [-0.25, -0.2) is 0 Å². The molecule has 3 atom stereocenters. The maximum atomic E-state index is 12.3. The van der Waals surface area contributed by atoms with Crippen LogP contribution in [0.15, 0.2) is 24.3 Å². The van der Waals surface area contributed by atoms with Gasteiger partial charge < -0.3 is 25.4 Å². The maximum Gasteiger partial charge on any atom is 0.249 e. The highest BCUT2D eigenvalue weighted by molar-refractivity contribution is 5.81. The Morgan fingerprint density at radius 3 is 2.96 bits per heavy atom. The number of nitrogens with zero attached hydrogens (tertiary/aromatic N) is 1. The molecule has 6 heteroatoms. The highest BCUT2D eigenvalue weighted by Crippen LogP contribution is 2.30. The van der Waals surface area contributed by atoms with Crippen LogP contribution in [-0.4, -0.2) is 50.9 Å². The number of rotatable bonds is 5. The molecule has 2 fully saturated rings. The summed E-state index contributed by atoms with van der Waals surface area (Å²) in [6.45, 7) is 2.18. The molecule has 1 amide bonds. The molecule has 1 aromatic carbocycles. The van der Waals surface area contributed by atoms with E-state index in [0.29, 0.717) is 6.54 Å². The molecule has 0 bridgehead atoms. The van der Waals surface area contributed by atoms with Crippen molar-refractivity contribution in [3.63, 3.8) is 0 Å². The van der Waals surface area contributed by atoms with Gasteiger partial charge in [-0.1, -0.05) is 12.1 Å². The molecule has 3 rings (SSSR count). The van der Waals surface area contributed by atoms with Gasteiger partial charge in [0.1, 0.15) is 11.9 Å². The van der Waals surface area contributed by atoms with Crippen LogP contribution >= 0.6 is 0 Å². The molecule has 1 aromatic rings. The molecular weight excluding hydrogens is 294 g/mol. The van der Waals surface area contributed by atoms with E-state index in [2.05, 4.69) is 16.3 Å². The van der Waals surface area contributed by atoms with Crippen LogP contribution in [0.25, 0.3) is 0 Å². The van der Waals surface area contributed by atoms with Crippen molar-refractivity contribution in [1.82, 2.24) is 5.32 Å². The van der Waals surface area contributed by atoms with E-state index in [0.717, 1.165) is 43.8 Å². The van der Waals surface area contributed by atoms with E-state index in [1.807, 2.05) is 18.2 Å². The van der Waals surface area contributed by atoms with Crippen molar-refractivity contribution in [1.29, 1.82) is 0 Å². The van der Waals surface area contributed by atoms with Crippen LogP contribution in [0.5, 0.6) is 5.75 Å². The van der Waals surface area contributed by atoms with Crippen molar-refractivity contribution >= 4 is 11.6 Å². The summed E-state index contributed by atoms with van der Waals surface area (Å²) in [5.41, 5.74) is 6.67. The average Bonchev–Trinajstić information content (AvgIpc) is 3.24. The number of ether oxygens (including phenoxy) is 2. The molecule has 3 N–H and O–H groups in total. The van der Waals surface area contributed by atoms with Gasteiger partial charge in [-0.2, -0.15) is 0 Å². The fraction of sp³-hybridized carbons (Fsp3) is 0.588. The first-order valence-corrected chi connectivity index (χ1v) is 8.25. The zero-order valence-corrected chi connectivity index (χ0v) is 13.5. The summed E-state index contributed by atoms with van der Waals surface area (Å²) in [6, 6.07) is 8.12. The minimum absolute atomic E-state index is 0.00664. The Bertz CT molecular complexity index is 552. The second-order valence-electron chi connectivity index (χ2n) is 6.17. The summed E-state index contributed by atoms with van der Waals surface area (Å²) in [4.78, 5) is 14.6. The SMILES string of the molecule is COc1ccccc1N1CCC(NC(=O)[C@@H]2CC[C@H](CN)O2)C1. The molecule has 0 radical (unpaired) electrons. The zero-order chi connectivity index (χ0) is 16.2. The second kappa shape index (κ2) is 7.19. The molecule has 6 nitrogen and oxygen atoms in total. The van der Waals surface area contributed by atoms with Gasteiger partial charge in [-0.15, -0.1) is 0 Å². The molecular formula is C17H25N3O3.